The van der Waals surface area contributed by atoms with Crippen LogP contribution in [-0.2, 0) is 13.6 Å². The molecule has 1 N–H and O–H groups in total. The molecule has 0 aliphatic carbocycles. The lowest BCUT2D eigenvalue weighted by Gasteiger charge is -2.04. The number of carbonyl (C=O) groups excluding carboxylic acids is 1. The molecule has 1 aromatic carbocycles. The Bertz CT molecular complexity index is 713. The van der Waals surface area contributed by atoms with Crippen molar-refractivity contribution in [2.24, 2.45) is 7.05 Å². The number of furan rings is 1. The van der Waals surface area contributed by atoms with Crippen molar-refractivity contribution in [1.29, 1.82) is 0 Å². The van der Waals surface area contributed by atoms with Crippen molar-refractivity contribution in [3.63, 3.8) is 0 Å². The van der Waals surface area contributed by atoms with Gasteiger partial charge in [-0.25, -0.2) is 4.98 Å². The maximum absolute atomic E-state index is 12.0. The minimum absolute atomic E-state index is 0.125. The third kappa shape index (κ3) is 2.22. The standard InChI is InChI=1S/C14H13N3O2/c1-17-9-16-12-5-4-10(7-13(12)17)14(18)15-8-11-3-2-6-19-11/h2-7,9H,8H2,1H3,(H,15,18). The monoisotopic (exact) mass is 255 g/mol. The van der Waals surface area contributed by atoms with Crippen LogP contribution in [0, 0.1) is 0 Å². The maximum atomic E-state index is 12.0. The molecule has 0 fully saturated rings. The second kappa shape index (κ2) is 4.61. The molecule has 0 unspecified atom stereocenters. The minimum Gasteiger partial charge on any atom is -0.467 e. The average Bonchev–Trinajstić information content (AvgIpc) is 3.06. The Labute approximate surface area is 109 Å². The molecule has 5 nitrogen and oxygen atoms in total. The minimum atomic E-state index is -0.125. The number of hydrogen-bond acceptors (Lipinski definition) is 3. The summed E-state index contributed by atoms with van der Waals surface area (Å²) in [6.07, 6.45) is 3.32. The molecule has 0 aliphatic rings. The van der Waals surface area contributed by atoms with Gasteiger partial charge in [0.25, 0.3) is 5.91 Å². The smallest absolute Gasteiger partial charge is 0.251 e. The number of imidazole rings is 1. The van der Waals surface area contributed by atoms with Gasteiger partial charge in [-0.15, -0.1) is 0 Å². The Kier molecular flexibility index (Phi) is 2.79. The van der Waals surface area contributed by atoms with Crippen LogP contribution in [0.4, 0.5) is 0 Å². The second-order valence-corrected chi connectivity index (χ2v) is 4.32. The summed E-state index contributed by atoms with van der Waals surface area (Å²) in [5.74, 6) is 0.606. The summed E-state index contributed by atoms with van der Waals surface area (Å²) >= 11 is 0. The first kappa shape index (κ1) is 11.5. The highest BCUT2D eigenvalue weighted by molar-refractivity contribution is 5.97. The second-order valence-electron chi connectivity index (χ2n) is 4.32. The molecule has 2 heterocycles. The molecule has 2 aromatic heterocycles. The topological polar surface area (TPSA) is 60.1 Å². The fourth-order valence-corrected chi connectivity index (χ4v) is 1.95. The van der Waals surface area contributed by atoms with Gasteiger partial charge >= 0.3 is 0 Å². The highest BCUT2D eigenvalue weighted by Crippen LogP contribution is 2.14. The first-order valence-electron chi connectivity index (χ1n) is 5.96. The van der Waals surface area contributed by atoms with Crippen molar-refractivity contribution in [3.05, 3.63) is 54.2 Å². The van der Waals surface area contributed by atoms with Crippen LogP contribution in [0.1, 0.15) is 16.1 Å². The Morgan fingerprint density at radius 1 is 1.42 bits per heavy atom. The van der Waals surface area contributed by atoms with E-state index in [0.29, 0.717) is 12.1 Å². The number of aromatic nitrogens is 2. The molecule has 0 spiro atoms. The zero-order chi connectivity index (χ0) is 13.2. The van der Waals surface area contributed by atoms with E-state index in [1.807, 2.05) is 29.8 Å². The fourth-order valence-electron chi connectivity index (χ4n) is 1.95. The lowest BCUT2D eigenvalue weighted by Crippen LogP contribution is -2.22. The van der Waals surface area contributed by atoms with Crippen LogP contribution < -0.4 is 5.32 Å². The van der Waals surface area contributed by atoms with E-state index in [0.717, 1.165) is 16.8 Å². The molecule has 1 amide bonds. The van der Waals surface area contributed by atoms with Gasteiger partial charge in [0.1, 0.15) is 5.76 Å². The molecule has 0 atom stereocenters. The van der Waals surface area contributed by atoms with Gasteiger partial charge < -0.3 is 14.3 Å². The number of nitrogens with one attached hydrogen (secondary N) is 1. The molecule has 0 saturated carbocycles. The average molecular weight is 255 g/mol. The maximum Gasteiger partial charge on any atom is 0.251 e. The Balaban J connectivity index is 1.79. The van der Waals surface area contributed by atoms with E-state index in [-0.39, 0.29) is 5.91 Å². The summed E-state index contributed by atoms with van der Waals surface area (Å²) in [5.41, 5.74) is 2.43. The van der Waals surface area contributed by atoms with E-state index in [4.69, 9.17) is 4.42 Å². The molecule has 96 valence electrons. The van der Waals surface area contributed by atoms with Gasteiger partial charge in [0.2, 0.25) is 0 Å². The summed E-state index contributed by atoms with van der Waals surface area (Å²) in [6, 6.07) is 9.07. The Hall–Kier alpha value is -2.56. The summed E-state index contributed by atoms with van der Waals surface area (Å²) in [4.78, 5) is 16.3. The van der Waals surface area contributed by atoms with Gasteiger partial charge in [-0.3, -0.25) is 4.79 Å². The molecule has 0 aliphatic heterocycles. The zero-order valence-corrected chi connectivity index (χ0v) is 10.5. The van der Waals surface area contributed by atoms with Crippen LogP contribution >= 0.6 is 0 Å². The number of rotatable bonds is 3. The quantitative estimate of drug-likeness (QED) is 0.779. The fraction of sp³-hybridized carbons (Fsp3) is 0.143. The number of benzene rings is 1. The first-order valence-corrected chi connectivity index (χ1v) is 5.96. The van der Waals surface area contributed by atoms with Gasteiger partial charge in [-0.2, -0.15) is 0 Å². The Morgan fingerprint density at radius 3 is 3.11 bits per heavy atom. The molecule has 0 saturated heterocycles. The number of aryl methyl sites for hydroxylation is 1. The molecule has 3 rings (SSSR count). The number of amides is 1. The highest BCUT2D eigenvalue weighted by atomic mass is 16.3. The van der Waals surface area contributed by atoms with Crippen LogP contribution in [-0.4, -0.2) is 15.5 Å². The van der Waals surface area contributed by atoms with Crippen LogP contribution in [0.5, 0.6) is 0 Å². The van der Waals surface area contributed by atoms with E-state index < -0.39 is 0 Å². The van der Waals surface area contributed by atoms with Crippen LogP contribution in [0.15, 0.2) is 47.3 Å². The van der Waals surface area contributed by atoms with Gasteiger partial charge in [0.15, 0.2) is 0 Å². The van der Waals surface area contributed by atoms with Crippen molar-refractivity contribution in [2.75, 3.05) is 0 Å². The van der Waals surface area contributed by atoms with Gasteiger partial charge in [-0.05, 0) is 30.3 Å². The predicted molar refractivity (Wildman–Crippen MR) is 70.6 cm³/mol. The van der Waals surface area contributed by atoms with Crippen molar-refractivity contribution < 1.29 is 9.21 Å². The summed E-state index contributed by atoms with van der Waals surface area (Å²) in [5, 5.41) is 2.82. The van der Waals surface area contributed by atoms with Crippen LogP contribution in [0.25, 0.3) is 11.0 Å². The van der Waals surface area contributed by atoms with E-state index >= 15 is 0 Å². The highest BCUT2D eigenvalue weighted by Gasteiger charge is 2.08. The molecule has 5 heteroatoms. The largest absolute Gasteiger partial charge is 0.467 e. The van der Waals surface area contributed by atoms with Crippen LogP contribution in [0.3, 0.4) is 0 Å². The summed E-state index contributed by atoms with van der Waals surface area (Å²) in [7, 11) is 1.90. The number of nitrogens with zero attached hydrogens (tertiary/aromatic N) is 2. The van der Waals surface area contributed by atoms with E-state index in [2.05, 4.69) is 10.3 Å². The van der Waals surface area contributed by atoms with E-state index in [9.17, 15) is 4.79 Å². The first-order chi connectivity index (χ1) is 9.24. The van der Waals surface area contributed by atoms with Crippen molar-refractivity contribution in [1.82, 2.24) is 14.9 Å². The lowest BCUT2D eigenvalue weighted by molar-refractivity contribution is 0.0948. The van der Waals surface area contributed by atoms with Gasteiger partial charge in [0.05, 0.1) is 30.2 Å². The molecule has 0 bridgehead atoms. The molecule has 0 radical (unpaired) electrons. The third-order valence-corrected chi connectivity index (χ3v) is 2.99. The van der Waals surface area contributed by atoms with Crippen LogP contribution in [0.2, 0.25) is 0 Å². The SMILES string of the molecule is Cn1cnc2ccc(C(=O)NCc3ccco3)cc21. The zero-order valence-electron chi connectivity index (χ0n) is 10.5. The molecular weight excluding hydrogens is 242 g/mol. The third-order valence-electron chi connectivity index (χ3n) is 2.99. The number of fused-ring (bicyclic) bond motifs is 1. The predicted octanol–water partition coefficient (Wildman–Crippen LogP) is 2.10. The molecule has 19 heavy (non-hydrogen) atoms. The summed E-state index contributed by atoms with van der Waals surface area (Å²) < 4.78 is 7.06. The number of hydrogen-bond donors (Lipinski definition) is 1. The normalized spacial score (nSPS) is 10.8. The number of carbonyl (C=O) groups is 1. The Morgan fingerprint density at radius 2 is 2.32 bits per heavy atom. The van der Waals surface area contributed by atoms with Crippen molar-refractivity contribution in [3.8, 4) is 0 Å². The van der Waals surface area contributed by atoms with E-state index in [1.54, 1.807) is 24.7 Å². The van der Waals surface area contributed by atoms with Gasteiger partial charge in [0, 0.05) is 12.6 Å². The van der Waals surface area contributed by atoms with Gasteiger partial charge in [-0.1, -0.05) is 0 Å². The lowest BCUT2D eigenvalue weighted by atomic mass is 10.2. The van der Waals surface area contributed by atoms with Crippen molar-refractivity contribution >= 4 is 16.9 Å². The summed E-state index contributed by atoms with van der Waals surface area (Å²) in [6.45, 7) is 0.384. The van der Waals surface area contributed by atoms with E-state index in [1.165, 1.54) is 0 Å². The van der Waals surface area contributed by atoms with Crippen molar-refractivity contribution in [2.45, 2.75) is 6.54 Å². The molecular formula is C14H13N3O2. The molecule has 3 aromatic rings.